The minimum atomic E-state index is -0.225. The molecule has 0 aliphatic rings. The number of ether oxygens (including phenoxy) is 1. The van der Waals surface area contributed by atoms with Crippen LogP contribution in [-0.4, -0.2) is 19.1 Å². The number of methoxy groups -OCH3 is 1. The van der Waals surface area contributed by atoms with Crippen molar-refractivity contribution in [2.45, 2.75) is 19.9 Å². The summed E-state index contributed by atoms with van der Waals surface area (Å²) in [7, 11) is 1.50. The smallest absolute Gasteiger partial charge is 0.253 e. The molecule has 0 aliphatic carbocycles. The van der Waals surface area contributed by atoms with E-state index < -0.39 is 0 Å². The van der Waals surface area contributed by atoms with Gasteiger partial charge in [0.15, 0.2) is 5.69 Å². The molecule has 1 aromatic rings. The molecule has 0 heterocycles. The molecule has 84 valence electrons. The highest BCUT2D eigenvalue weighted by molar-refractivity contribution is 5.98. The third-order valence-corrected chi connectivity index (χ3v) is 1.98. The van der Waals surface area contributed by atoms with Gasteiger partial charge in [0, 0.05) is 6.04 Å². The van der Waals surface area contributed by atoms with E-state index in [0.29, 0.717) is 17.0 Å². The van der Waals surface area contributed by atoms with Gasteiger partial charge in [-0.1, -0.05) is 6.07 Å². The van der Waals surface area contributed by atoms with Crippen molar-refractivity contribution in [3.05, 3.63) is 35.2 Å². The molecule has 1 N–H and O–H groups in total. The molecule has 0 aromatic heterocycles. The summed E-state index contributed by atoms with van der Waals surface area (Å²) in [5, 5.41) is 2.76. The number of benzene rings is 1. The van der Waals surface area contributed by atoms with Crippen LogP contribution in [0, 0.1) is 6.57 Å². The number of hydrogen-bond acceptors (Lipinski definition) is 2. The Morgan fingerprint density at radius 2 is 2.19 bits per heavy atom. The second-order valence-electron chi connectivity index (χ2n) is 3.62. The fourth-order valence-corrected chi connectivity index (χ4v) is 1.28. The van der Waals surface area contributed by atoms with Gasteiger partial charge in [0.05, 0.1) is 19.2 Å². The summed E-state index contributed by atoms with van der Waals surface area (Å²) in [5.74, 6) is 0.253. The molecule has 0 unspecified atom stereocenters. The third kappa shape index (κ3) is 2.74. The summed E-state index contributed by atoms with van der Waals surface area (Å²) in [5.41, 5.74) is 0.819. The van der Waals surface area contributed by atoms with E-state index in [9.17, 15) is 4.79 Å². The maximum atomic E-state index is 11.8. The standard InChI is InChI=1S/C12H14N2O2/c1-8(2)14-12(15)10-7-9(13-3)5-6-11(10)16-4/h5-8H,1-2,4H3,(H,14,15). The van der Waals surface area contributed by atoms with E-state index in [0.717, 1.165) is 0 Å². The van der Waals surface area contributed by atoms with Crippen molar-refractivity contribution in [2.75, 3.05) is 7.11 Å². The van der Waals surface area contributed by atoms with E-state index in [1.165, 1.54) is 13.2 Å². The second-order valence-corrected chi connectivity index (χ2v) is 3.62. The first kappa shape index (κ1) is 12.1. The number of carbonyl (C=O) groups is 1. The lowest BCUT2D eigenvalue weighted by atomic mass is 10.1. The van der Waals surface area contributed by atoms with Crippen molar-refractivity contribution < 1.29 is 9.53 Å². The van der Waals surface area contributed by atoms with Crippen LogP contribution in [0.3, 0.4) is 0 Å². The minimum Gasteiger partial charge on any atom is -0.496 e. The molecule has 4 heteroatoms. The van der Waals surface area contributed by atoms with Gasteiger partial charge in [-0.15, -0.1) is 0 Å². The highest BCUT2D eigenvalue weighted by Crippen LogP contribution is 2.24. The largest absolute Gasteiger partial charge is 0.496 e. The van der Waals surface area contributed by atoms with Gasteiger partial charge in [0.2, 0.25) is 0 Å². The van der Waals surface area contributed by atoms with Gasteiger partial charge in [-0.25, -0.2) is 4.85 Å². The number of nitrogens with one attached hydrogen (secondary N) is 1. The molecular formula is C12H14N2O2. The Labute approximate surface area is 95.0 Å². The maximum Gasteiger partial charge on any atom is 0.253 e. The Morgan fingerprint density at radius 3 is 2.69 bits per heavy atom. The molecule has 1 amide bonds. The highest BCUT2D eigenvalue weighted by Gasteiger charge is 2.13. The Hall–Kier alpha value is -2.02. The molecule has 0 spiro atoms. The zero-order valence-electron chi connectivity index (χ0n) is 9.57. The molecule has 0 aliphatic heterocycles. The molecule has 0 saturated heterocycles. The number of carbonyl (C=O) groups excluding carboxylic acids is 1. The van der Waals surface area contributed by atoms with Crippen molar-refractivity contribution >= 4 is 11.6 Å². The van der Waals surface area contributed by atoms with Gasteiger partial charge in [0.25, 0.3) is 5.91 Å². The van der Waals surface area contributed by atoms with Crippen molar-refractivity contribution in [1.29, 1.82) is 0 Å². The molecule has 0 atom stereocenters. The zero-order valence-corrected chi connectivity index (χ0v) is 9.57. The lowest BCUT2D eigenvalue weighted by Gasteiger charge is -2.11. The predicted molar refractivity (Wildman–Crippen MR) is 61.9 cm³/mol. The van der Waals surface area contributed by atoms with Crippen LogP contribution >= 0.6 is 0 Å². The fraction of sp³-hybridized carbons (Fsp3) is 0.333. The van der Waals surface area contributed by atoms with E-state index in [1.54, 1.807) is 12.1 Å². The van der Waals surface area contributed by atoms with E-state index in [1.807, 2.05) is 13.8 Å². The summed E-state index contributed by atoms with van der Waals surface area (Å²) in [6.07, 6.45) is 0. The molecule has 0 saturated carbocycles. The molecule has 0 bridgehead atoms. The van der Waals surface area contributed by atoms with Crippen LogP contribution in [0.4, 0.5) is 5.69 Å². The van der Waals surface area contributed by atoms with Crippen LogP contribution in [0.15, 0.2) is 18.2 Å². The van der Waals surface area contributed by atoms with E-state index >= 15 is 0 Å². The average molecular weight is 218 g/mol. The molecule has 0 fully saturated rings. The van der Waals surface area contributed by atoms with Crippen molar-refractivity contribution in [3.8, 4) is 5.75 Å². The Morgan fingerprint density at radius 1 is 1.50 bits per heavy atom. The summed E-state index contributed by atoms with van der Waals surface area (Å²) in [4.78, 5) is 15.1. The van der Waals surface area contributed by atoms with Gasteiger partial charge >= 0.3 is 0 Å². The van der Waals surface area contributed by atoms with Crippen LogP contribution in [0.2, 0.25) is 0 Å². The molecule has 1 aromatic carbocycles. The zero-order chi connectivity index (χ0) is 12.1. The van der Waals surface area contributed by atoms with Gasteiger partial charge in [-0.05, 0) is 26.0 Å². The highest BCUT2D eigenvalue weighted by atomic mass is 16.5. The summed E-state index contributed by atoms with van der Waals surface area (Å²) >= 11 is 0. The maximum absolute atomic E-state index is 11.8. The van der Waals surface area contributed by atoms with Crippen LogP contribution in [0.25, 0.3) is 4.85 Å². The Bertz CT molecular complexity index is 433. The monoisotopic (exact) mass is 218 g/mol. The van der Waals surface area contributed by atoms with E-state index in [2.05, 4.69) is 10.2 Å². The Balaban J connectivity index is 3.09. The van der Waals surface area contributed by atoms with Crippen LogP contribution in [0.5, 0.6) is 5.75 Å². The summed E-state index contributed by atoms with van der Waals surface area (Å²) in [6.45, 7) is 10.7. The Kier molecular flexibility index (Phi) is 3.90. The second kappa shape index (κ2) is 5.17. The van der Waals surface area contributed by atoms with E-state index in [4.69, 9.17) is 11.3 Å². The van der Waals surface area contributed by atoms with Crippen LogP contribution in [0.1, 0.15) is 24.2 Å². The quantitative estimate of drug-likeness (QED) is 0.791. The SMILES string of the molecule is [C-]#[N+]c1ccc(OC)c(C(=O)NC(C)C)c1. The predicted octanol–water partition coefficient (Wildman–Crippen LogP) is 2.38. The van der Waals surface area contributed by atoms with Gasteiger partial charge in [0.1, 0.15) is 5.75 Å². The van der Waals surface area contributed by atoms with Crippen molar-refractivity contribution in [3.63, 3.8) is 0 Å². The average Bonchev–Trinajstić information content (AvgIpc) is 2.27. The van der Waals surface area contributed by atoms with E-state index in [-0.39, 0.29) is 11.9 Å². The number of rotatable bonds is 3. The molecule has 16 heavy (non-hydrogen) atoms. The topological polar surface area (TPSA) is 42.7 Å². The third-order valence-electron chi connectivity index (χ3n) is 1.98. The lowest BCUT2D eigenvalue weighted by Crippen LogP contribution is -2.30. The first-order valence-electron chi connectivity index (χ1n) is 4.95. The van der Waals surface area contributed by atoms with Crippen molar-refractivity contribution in [2.24, 2.45) is 0 Å². The first-order valence-corrected chi connectivity index (χ1v) is 4.95. The van der Waals surface area contributed by atoms with Gasteiger partial charge in [-0.2, -0.15) is 0 Å². The molecule has 4 nitrogen and oxygen atoms in total. The summed E-state index contributed by atoms with van der Waals surface area (Å²) in [6, 6.07) is 4.83. The fourth-order valence-electron chi connectivity index (χ4n) is 1.28. The lowest BCUT2D eigenvalue weighted by molar-refractivity contribution is 0.0940. The van der Waals surface area contributed by atoms with Gasteiger partial charge < -0.3 is 10.1 Å². The first-order chi connectivity index (χ1) is 7.58. The molecule has 0 radical (unpaired) electrons. The summed E-state index contributed by atoms with van der Waals surface area (Å²) < 4.78 is 5.08. The molecular weight excluding hydrogens is 204 g/mol. The van der Waals surface area contributed by atoms with Crippen LogP contribution in [-0.2, 0) is 0 Å². The normalized spacial score (nSPS) is 9.69. The molecule has 1 rings (SSSR count). The number of nitrogens with zero attached hydrogens (tertiary/aromatic N) is 1. The number of amides is 1. The van der Waals surface area contributed by atoms with Crippen LogP contribution < -0.4 is 10.1 Å². The number of hydrogen-bond donors (Lipinski definition) is 1. The van der Waals surface area contributed by atoms with Crippen molar-refractivity contribution in [1.82, 2.24) is 5.32 Å². The minimum absolute atomic E-state index is 0.0498. The van der Waals surface area contributed by atoms with Gasteiger partial charge in [-0.3, -0.25) is 4.79 Å².